The molecule has 0 spiro atoms. The van der Waals surface area contributed by atoms with Crippen LogP contribution in [0.2, 0.25) is 0 Å². The van der Waals surface area contributed by atoms with Crippen LogP contribution >= 0.6 is 15.9 Å². The number of unbranched alkanes of at least 4 members (excludes halogenated alkanes) is 1. The first-order valence-electron chi connectivity index (χ1n) is 7.10. The van der Waals surface area contributed by atoms with Crippen molar-refractivity contribution in [1.82, 2.24) is 10.9 Å². The number of hydrogen-bond donors (Lipinski definition) is 2. The van der Waals surface area contributed by atoms with Gasteiger partial charge in [-0.25, -0.2) is 0 Å². The second-order valence-corrected chi connectivity index (χ2v) is 5.51. The fourth-order valence-corrected chi connectivity index (χ4v) is 1.98. The Morgan fingerprint density at radius 1 is 1.19 bits per heavy atom. The summed E-state index contributed by atoms with van der Waals surface area (Å²) in [5, 5.41) is 0. The molecule has 21 heavy (non-hydrogen) atoms. The van der Waals surface area contributed by atoms with E-state index in [1.165, 1.54) is 0 Å². The average molecular weight is 357 g/mol. The van der Waals surface area contributed by atoms with Gasteiger partial charge in [-0.15, -0.1) is 0 Å². The van der Waals surface area contributed by atoms with E-state index in [2.05, 4.69) is 33.7 Å². The standard InChI is InChI=1S/C15H21BrN2O3/c1-3-5-9-21-13-8-7-11(16)10-12(13)15(20)18-17-14(19)6-4-2/h7-8,10H,3-6,9H2,1-2H3,(H,17,19)(H,18,20). The summed E-state index contributed by atoms with van der Waals surface area (Å²) in [5.74, 6) is -0.101. The number of hydrogen-bond acceptors (Lipinski definition) is 3. The second-order valence-electron chi connectivity index (χ2n) is 4.59. The molecule has 0 aliphatic heterocycles. The number of nitrogens with one attached hydrogen (secondary N) is 2. The largest absolute Gasteiger partial charge is 0.493 e. The van der Waals surface area contributed by atoms with Crippen molar-refractivity contribution in [3.05, 3.63) is 28.2 Å². The molecule has 0 radical (unpaired) electrons. The predicted molar refractivity (Wildman–Crippen MR) is 85.1 cm³/mol. The monoisotopic (exact) mass is 356 g/mol. The van der Waals surface area contributed by atoms with Gasteiger partial charge in [0.15, 0.2) is 0 Å². The van der Waals surface area contributed by atoms with Crippen molar-refractivity contribution in [3.63, 3.8) is 0 Å². The normalized spacial score (nSPS) is 10.0. The SMILES string of the molecule is CCCCOc1ccc(Br)cc1C(=O)NNC(=O)CCC. The van der Waals surface area contributed by atoms with Gasteiger partial charge in [0.25, 0.3) is 5.91 Å². The van der Waals surface area contributed by atoms with Crippen LogP contribution in [0.3, 0.4) is 0 Å². The molecule has 0 bridgehead atoms. The first-order chi connectivity index (χ1) is 10.1. The van der Waals surface area contributed by atoms with Crippen molar-refractivity contribution in [2.75, 3.05) is 6.61 Å². The minimum atomic E-state index is -0.396. The zero-order chi connectivity index (χ0) is 15.7. The summed E-state index contributed by atoms with van der Waals surface area (Å²) in [4.78, 5) is 23.5. The predicted octanol–water partition coefficient (Wildman–Crippen LogP) is 3.19. The van der Waals surface area contributed by atoms with E-state index in [-0.39, 0.29) is 5.91 Å². The van der Waals surface area contributed by atoms with Gasteiger partial charge in [-0.3, -0.25) is 20.4 Å². The number of carbonyl (C=O) groups is 2. The molecule has 0 fully saturated rings. The average Bonchev–Trinajstić information content (AvgIpc) is 2.46. The van der Waals surface area contributed by atoms with Gasteiger partial charge in [-0.2, -0.15) is 0 Å². The number of benzene rings is 1. The first-order valence-corrected chi connectivity index (χ1v) is 7.89. The summed E-state index contributed by atoms with van der Waals surface area (Å²) in [6.07, 6.45) is 3.04. The van der Waals surface area contributed by atoms with Gasteiger partial charge in [0.05, 0.1) is 12.2 Å². The van der Waals surface area contributed by atoms with E-state index in [9.17, 15) is 9.59 Å². The third kappa shape index (κ3) is 6.16. The Labute approximate surface area is 133 Å². The van der Waals surface area contributed by atoms with Crippen LogP contribution in [-0.4, -0.2) is 18.4 Å². The van der Waals surface area contributed by atoms with E-state index in [0.717, 1.165) is 23.7 Å². The maximum absolute atomic E-state index is 12.1. The zero-order valence-electron chi connectivity index (χ0n) is 12.4. The molecule has 1 rings (SSSR count). The second kappa shape index (κ2) is 9.39. The molecule has 1 aromatic rings. The number of hydrazine groups is 1. The molecule has 0 heterocycles. The maximum Gasteiger partial charge on any atom is 0.273 e. The van der Waals surface area contributed by atoms with Crippen LogP contribution in [0.4, 0.5) is 0 Å². The summed E-state index contributed by atoms with van der Waals surface area (Å²) >= 11 is 3.33. The number of rotatable bonds is 7. The minimum Gasteiger partial charge on any atom is -0.493 e. The molecule has 1 aromatic carbocycles. The van der Waals surface area contributed by atoms with Crippen molar-refractivity contribution in [2.24, 2.45) is 0 Å². The van der Waals surface area contributed by atoms with E-state index in [4.69, 9.17) is 4.74 Å². The molecule has 0 aliphatic rings. The zero-order valence-corrected chi connectivity index (χ0v) is 14.0. The van der Waals surface area contributed by atoms with E-state index in [1.807, 2.05) is 13.0 Å². The lowest BCUT2D eigenvalue weighted by Gasteiger charge is -2.12. The molecular weight excluding hydrogens is 336 g/mol. The summed E-state index contributed by atoms with van der Waals surface area (Å²) in [7, 11) is 0. The quantitative estimate of drug-likeness (QED) is 0.582. The fourth-order valence-electron chi connectivity index (χ4n) is 1.62. The van der Waals surface area contributed by atoms with E-state index >= 15 is 0 Å². The van der Waals surface area contributed by atoms with Gasteiger partial charge in [-0.1, -0.05) is 36.2 Å². The van der Waals surface area contributed by atoms with Gasteiger partial charge < -0.3 is 4.74 Å². The van der Waals surface area contributed by atoms with Crippen molar-refractivity contribution in [2.45, 2.75) is 39.5 Å². The minimum absolute atomic E-state index is 0.214. The van der Waals surface area contributed by atoms with Gasteiger partial charge in [-0.05, 0) is 31.0 Å². The van der Waals surface area contributed by atoms with Crippen LogP contribution in [0.1, 0.15) is 49.9 Å². The maximum atomic E-state index is 12.1. The van der Waals surface area contributed by atoms with Crippen LogP contribution in [0.15, 0.2) is 22.7 Å². The topological polar surface area (TPSA) is 67.4 Å². The molecule has 0 unspecified atom stereocenters. The Bertz CT molecular complexity index is 492. The van der Waals surface area contributed by atoms with Gasteiger partial charge >= 0.3 is 0 Å². The molecule has 116 valence electrons. The number of amides is 2. The van der Waals surface area contributed by atoms with Crippen molar-refractivity contribution in [1.29, 1.82) is 0 Å². The lowest BCUT2D eigenvalue weighted by Crippen LogP contribution is -2.41. The van der Waals surface area contributed by atoms with Gasteiger partial charge in [0, 0.05) is 10.9 Å². The lowest BCUT2D eigenvalue weighted by atomic mass is 10.2. The molecule has 5 nitrogen and oxygen atoms in total. The highest BCUT2D eigenvalue weighted by molar-refractivity contribution is 9.10. The lowest BCUT2D eigenvalue weighted by molar-refractivity contribution is -0.121. The van der Waals surface area contributed by atoms with E-state index < -0.39 is 5.91 Å². The fraction of sp³-hybridized carbons (Fsp3) is 0.467. The molecule has 2 N–H and O–H groups in total. The summed E-state index contributed by atoms with van der Waals surface area (Å²) < 4.78 is 6.39. The van der Waals surface area contributed by atoms with Crippen molar-refractivity contribution in [3.8, 4) is 5.75 Å². The Morgan fingerprint density at radius 2 is 1.95 bits per heavy atom. The third-order valence-electron chi connectivity index (χ3n) is 2.73. The van der Waals surface area contributed by atoms with Crippen LogP contribution in [0.25, 0.3) is 0 Å². The summed E-state index contributed by atoms with van der Waals surface area (Å²) in [6.45, 7) is 4.53. The Hall–Kier alpha value is -1.56. The highest BCUT2D eigenvalue weighted by Gasteiger charge is 2.14. The molecule has 0 saturated carbocycles. The van der Waals surface area contributed by atoms with Crippen molar-refractivity contribution < 1.29 is 14.3 Å². The van der Waals surface area contributed by atoms with E-state index in [0.29, 0.717) is 24.3 Å². The molecule has 0 aromatic heterocycles. The van der Waals surface area contributed by atoms with Gasteiger partial charge in [0.2, 0.25) is 5.91 Å². The molecule has 0 atom stereocenters. The van der Waals surface area contributed by atoms with Crippen LogP contribution in [-0.2, 0) is 4.79 Å². The smallest absolute Gasteiger partial charge is 0.273 e. The van der Waals surface area contributed by atoms with Crippen LogP contribution in [0.5, 0.6) is 5.75 Å². The summed E-state index contributed by atoms with van der Waals surface area (Å²) in [6, 6.07) is 5.22. The number of ether oxygens (including phenoxy) is 1. The Kier molecular flexibility index (Phi) is 7.82. The third-order valence-corrected chi connectivity index (χ3v) is 3.23. The van der Waals surface area contributed by atoms with Crippen molar-refractivity contribution >= 4 is 27.7 Å². The number of halogens is 1. The molecule has 2 amide bonds. The molecule has 6 heteroatoms. The highest BCUT2D eigenvalue weighted by Crippen LogP contribution is 2.23. The van der Waals surface area contributed by atoms with Gasteiger partial charge in [0.1, 0.15) is 5.75 Å². The first kappa shape index (κ1) is 17.5. The number of carbonyl (C=O) groups excluding carboxylic acids is 2. The molecule has 0 saturated heterocycles. The molecular formula is C15H21BrN2O3. The Balaban J connectivity index is 2.72. The Morgan fingerprint density at radius 3 is 2.62 bits per heavy atom. The highest BCUT2D eigenvalue weighted by atomic mass is 79.9. The van der Waals surface area contributed by atoms with Crippen LogP contribution in [0, 0.1) is 0 Å². The molecule has 0 aliphatic carbocycles. The van der Waals surface area contributed by atoms with Crippen LogP contribution < -0.4 is 15.6 Å². The van der Waals surface area contributed by atoms with E-state index in [1.54, 1.807) is 12.1 Å². The summed E-state index contributed by atoms with van der Waals surface area (Å²) in [5.41, 5.74) is 5.18.